The first-order valence-corrected chi connectivity index (χ1v) is 30.8. The van der Waals surface area contributed by atoms with Crippen molar-refractivity contribution in [1.29, 1.82) is 0 Å². The van der Waals surface area contributed by atoms with E-state index in [1.165, 1.54) is 55.6 Å². The molecule has 492 valence electrons. The number of aromatic hydroxyl groups is 2. The zero-order valence-corrected chi connectivity index (χ0v) is 51.4. The number of nitrogens with zero attached hydrogens (tertiary/aromatic N) is 2. The maximum atomic E-state index is 14.9. The Kier molecular flexibility index (Phi) is 25.6. The fourth-order valence-corrected chi connectivity index (χ4v) is 11.1. The number of rotatable bonds is 18. The van der Waals surface area contributed by atoms with E-state index < -0.39 is 146 Å². The lowest BCUT2D eigenvalue weighted by molar-refractivity contribution is -0.146. The highest BCUT2D eigenvalue weighted by Crippen LogP contribution is 2.23. The lowest BCUT2D eigenvalue weighted by atomic mass is 10.00. The molecule has 2 aliphatic heterocycles. The lowest BCUT2D eigenvalue weighted by Gasteiger charge is -2.31. The highest BCUT2D eigenvalue weighted by atomic mass is 16.4. The second-order valence-corrected chi connectivity index (χ2v) is 23.2. The van der Waals surface area contributed by atoms with Gasteiger partial charge in [0.15, 0.2) is 0 Å². The number of fused-ring (bicyclic) bond motifs is 2. The Labute approximate surface area is 531 Å². The van der Waals surface area contributed by atoms with Crippen molar-refractivity contribution < 1.29 is 73.2 Å². The number of carboxylic acid groups (broad SMARTS) is 1. The van der Waals surface area contributed by atoms with Crippen molar-refractivity contribution in [3.63, 3.8) is 0 Å². The monoisotopic (exact) mass is 1270 g/mol. The van der Waals surface area contributed by atoms with Crippen LogP contribution in [-0.2, 0) is 78.4 Å². The average Bonchev–Trinajstić information content (AvgIpc) is 1.64. The van der Waals surface area contributed by atoms with Crippen molar-refractivity contribution in [3.8, 4) is 11.5 Å². The number of carboxylic acids is 1. The van der Waals surface area contributed by atoms with Crippen molar-refractivity contribution in [2.75, 3.05) is 33.2 Å². The zero-order chi connectivity index (χ0) is 66.4. The van der Waals surface area contributed by atoms with Gasteiger partial charge < -0.3 is 83.5 Å². The molecular formula is C65H82N12O15. The Morgan fingerprint density at radius 3 is 1.70 bits per heavy atom. The first-order chi connectivity index (χ1) is 44.1. The SMILES string of the molecule is CCCCC[C@@H]1NC(=O)[C@H](Cc2ccc(O)cc2)NC(=O)[C@H](Cc2ccccc2)N(C)C(=O)CNC(=O)[C@H](CCCCN)NC(=O)[C@H]2C[C@H](O)CN2C(=O)[C@H](CC(=O)O)NC(=O)[C@H](Cc2ccc(O)cc2)NC(=O)CNC(=O)[C@H](Cc2c[nH]c3ccccc23)NC1=O. The second-order valence-electron chi connectivity index (χ2n) is 23.2. The molecule has 92 heavy (non-hydrogen) atoms. The number of aliphatic hydroxyl groups is 1. The number of aromatic nitrogens is 1. The number of nitrogens with two attached hydrogens (primary N) is 1. The quantitative estimate of drug-likeness (QED) is 0.0513. The fourth-order valence-electron chi connectivity index (χ4n) is 11.1. The summed E-state index contributed by atoms with van der Waals surface area (Å²) in [5.74, 6) is -10.9. The predicted octanol–water partition coefficient (Wildman–Crippen LogP) is -0.0227. The number of aliphatic carboxylic acids is 1. The van der Waals surface area contributed by atoms with Gasteiger partial charge in [0.25, 0.3) is 0 Å². The Hall–Kier alpha value is -9.89. The number of aromatic amines is 1. The Balaban J connectivity index is 1.28. The van der Waals surface area contributed by atoms with E-state index in [0.717, 1.165) is 9.80 Å². The number of H-pyrrole nitrogens is 1. The summed E-state index contributed by atoms with van der Waals surface area (Å²) in [6, 6.07) is 15.2. The number of nitrogens with one attached hydrogen (secondary N) is 9. The molecule has 5 aromatic rings. The molecule has 2 aliphatic rings. The van der Waals surface area contributed by atoms with Gasteiger partial charge in [0.2, 0.25) is 59.1 Å². The molecule has 1 aromatic heterocycles. The molecule has 0 saturated carbocycles. The summed E-state index contributed by atoms with van der Waals surface area (Å²) < 4.78 is 0. The predicted molar refractivity (Wildman–Crippen MR) is 335 cm³/mol. The molecule has 0 aliphatic carbocycles. The summed E-state index contributed by atoms with van der Waals surface area (Å²) in [4.78, 5) is 163. The lowest BCUT2D eigenvalue weighted by Crippen LogP contribution is -2.60. The molecule has 7 rings (SSSR count). The molecule has 0 unspecified atom stereocenters. The standard InChI is InChI=1S/C65H82N12O15/c1-3-4-6-17-48-60(87)73-51(31-41-34-67-46-16-10-9-15-45(41)46)59(86)68-35-55(81)70-49(28-39-19-23-42(78)24-20-39)61(88)75-52(33-57(83)84)65(92)77-37-44(80)32-54(77)64(91)72-47(18-11-12-27-66)58(85)69-36-56(82)76(2)53(30-38-13-7-5-8-14-38)63(90)74-50(62(89)71-48)29-40-21-25-43(79)26-22-40/h5,7-10,13-16,19-26,34,44,47-54,67,78-80H,3-4,6,11-12,17-18,27-33,35-37,66H2,1-2H3,(H,68,86)(H,69,85)(H,70,81)(H,71,89)(H,72,91)(H,73,87)(H,74,90)(H,75,88)(H,83,84)/t44-,47-,48-,49-,50-,51-,52-,53-,54+/m0/s1. The number of amides is 10. The first kappa shape index (κ1) is 69.6. The zero-order valence-electron chi connectivity index (χ0n) is 51.4. The van der Waals surface area contributed by atoms with Crippen LogP contribution in [0.25, 0.3) is 10.9 Å². The van der Waals surface area contributed by atoms with E-state index in [-0.39, 0.29) is 69.4 Å². The highest BCUT2D eigenvalue weighted by molar-refractivity contribution is 6.00. The summed E-state index contributed by atoms with van der Waals surface area (Å²) >= 11 is 0. The van der Waals surface area contributed by atoms with Crippen molar-refractivity contribution in [3.05, 3.63) is 132 Å². The number of hydrogen-bond donors (Lipinski definition) is 14. The van der Waals surface area contributed by atoms with Gasteiger partial charge in [0.05, 0.1) is 25.6 Å². The van der Waals surface area contributed by atoms with E-state index in [0.29, 0.717) is 58.8 Å². The number of hydrogen-bond acceptors (Lipinski definition) is 15. The number of phenolic OH excluding ortho intramolecular Hbond substituents is 2. The molecule has 4 aromatic carbocycles. The van der Waals surface area contributed by atoms with Gasteiger partial charge >= 0.3 is 5.97 Å². The van der Waals surface area contributed by atoms with E-state index in [4.69, 9.17) is 5.73 Å². The third kappa shape index (κ3) is 20.1. The van der Waals surface area contributed by atoms with Crippen molar-refractivity contribution in [2.24, 2.45) is 5.73 Å². The van der Waals surface area contributed by atoms with Crippen LogP contribution < -0.4 is 48.3 Å². The van der Waals surface area contributed by atoms with E-state index >= 15 is 0 Å². The van der Waals surface area contributed by atoms with Crippen LogP contribution in [-0.4, -0.2) is 188 Å². The van der Waals surface area contributed by atoms with Crippen LogP contribution in [0.5, 0.6) is 11.5 Å². The number of likely N-dealkylation sites (N-methyl/N-ethyl adjacent to an activating group) is 1. The minimum Gasteiger partial charge on any atom is -0.508 e. The molecular weight excluding hydrogens is 1190 g/mol. The van der Waals surface area contributed by atoms with Gasteiger partial charge in [-0.15, -0.1) is 0 Å². The van der Waals surface area contributed by atoms with E-state index in [9.17, 15) is 73.2 Å². The fraction of sp³-hybridized carbons (Fsp3) is 0.431. The van der Waals surface area contributed by atoms with Gasteiger partial charge in [0.1, 0.15) is 59.8 Å². The number of phenols is 2. The Bertz CT molecular complexity index is 3400. The number of unbranched alkanes of at least 4 members (excludes halogenated alkanes) is 3. The number of carbonyl (C=O) groups is 11. The number of carbonyl (C=O) groups excluding carboxylic acids is 10. The van der Waals surface area contributed by atoms with Crippen molar-refractivity contribution >= 4 is 75.9 Å². The van der Waals surface area contributed by atoms with Crippen LogP contribution in [0.3, 0.4) is 0 Å². The van der Waals surface area contributed by atoms with Crippen LogP contribution in [0, 0.1) is 0 Å². The molecule has 0 bridgehead atoms. The number of para-hydroxylation sites is 1. The molecule has 0 spiro atoms. The summed E-state index contributed by atoms with van der Waals surface area (Å²) in [5, 5.41) is 63.1. The Morgan fingerprint density at radius 2 is 1.07 bits per heavy atom. The van der Waals surface area contributed by atoms with Gasteiger partial charge in [-0.2, -0.15) is 0 Å². The van der Waals surface area contributed by atoms with Gasteiger partial charge in [-0.1, -0.05) is 99.0 Å². The Morgan fingerprint density at radius 1 is 0.554 bits per heavy atom. The molecule has 10 amide bonds. The summed E-state index contributed by atoms with van der Waals surface area (Å²) in [6.07, 6.45) is 0.563. The van der Waals surface area contributed by atoms with Crippen LogP contribution in [0.1, 0.15) is 87.0 Å². The van der Waals surface area contributed by atoms with E-state index in [1.54, 1.807) is 60.8 Å². The third-order valence-corrected chi connectivity index (χ3v) is 16.2. The van der Waals surface area contributed by atoms with E-state index in [1.807, 2.05) is 6.92 Å². The largest absolute Gasteiger partial charge is 0.508 e. The first-order valence-electron chi connectivity index (χ1n) is 30.8. The number of aliphatic hydroxyl groups excluding tert-OH is 1. The van der Waals surface area contributed by atoms with Crippen LogP contribution in [0.4, 0.5) is 0 Å². The van der Waals surface area contributed by atoms with Crippen molar-refractivity contribution in [2.45, 2.75) is 145 Å². The highest BCUT2D eigenvalue weighted by Gasteiger charge is 2.44. The maximum absolute atomic E-state index is 14.9. The molecule has 2 fully saturated rings. The van der Waals surface area contributed by atoms with Crippen LogP contribution >= 0.6 is 0 Å². The molecule has 9 atom stereocenters. The summed E-state index contributed by atoms with van der Waals surface area (Å²) in [6.45, 7) is 0.0960. The maximum Gasteiger partial charge on any atom is 0.305 e. The molecule has 3 heterocycles. The van der Waals surface area contributed by atoms with E-state index in [2.05, 4.69) is 47.5 Å². The topological polar surface area (TPSA) is 413 Å². The normalized spacial score (nSPS) is 23.2. The molecule has 15 N–H and O–H groups in total. The van der Waals surface area contributed by atoms with Crippen LogP contribution in [0.2, 0.25) is 0 Å². The minimum atomic E-state index is -1.92. The van der Waals surface area contributed by atoms with Gasteiger partial charge in [-0.05, 0) is 84.8 Å². The number of benzene rings is 4. The molecule has 27 heteroatoms. The summed E-state index contributed by atoms with van der Waals surface area (Å²) in [7, 11) is 1.33. The van der Waals surface area contributed by atoms with Crippen molar-refractivity contribution in [1.82, 2.24) is 57.3 Å². The molecule has 2 saturated heterocycles. The minimum absolute atomic E-state index is 0.0340. The summed E-state index contributed by atoms with van der Waals surface area (Å²) in [5.41, 5.74) is 8.52. The van der Waals surface area contributed by atoms with Gasteiger partial charge in [-0.3, -0.25) is 52.7 Å². The average molecular weight is 1270 g/mol. The van der Waals surface area contributed by atoms with Crippen LogP contribution in [0.15, 0.2) is 109 Å². The molecule has 27 nitrogen and oxygen atoms in total. The van der Waals surface area contributed by atoms with Gasteiger partial charge in [-0.25, -0.2) is 0 Å². The third-order valence-electron chi connectivity index (χ3n) is 16.2. The smallest absolute Gasteiger partial charge is 0.305 e. The molecule has 0 radical (unpaired) electrons. The second kappa shape index (κ2) is 33.8. The van der Waals surface area contributed by atoms with Gasteiger partial charge in [0, 0.05) is 62.8 Å².